The second kappa shape index (κ2) is 8.86. The second-order valence-corrected chi connectivity index (χ2v) is 6.43. The number of rotatable bonds is 5. The Morgan fingerprint density at radius 1 is 1.33 bits per heavy atom. The third-order valence-corrected chi connectivity index (χ3v) is 4.57. The van der Waals surface area contributed by atoms with Crippen molar-refractivity contribution in [1.29, 1.82) is 0 Å². The minimum atomic E-state index is -0.761. The second-order valence-electron chi connectivity index (χ2n) is 4.83. The van der Waals surface area contributed by atoms with Crippen molar-refractivity contribution >= 4 is 41.7 Å². The fourth-order valence-electron chi connectivity index (χ4n) is 2.00. The summed E-state index contributed by atoms with van der Waals surface area (Å²) in [5, 5.41) is 3.64. The Balaban J connectivity index is 0.00000220. The normalized spacial score (nSPS) is 16.9. The van der Waals surface area contributed by atoms with Gasteiger partial charge < -0.3 is 15.8 Å². The van der Waals surface area contributed by atoms with E-state index in [2.05, 4.69) is 5.32 Å². The molecule has 0 aromatic heterocycles. The average molecular weight is 351 g/mol. The van der Waals surface area contributed by atoms with Gasteiger partial charge in [-0.05, 0) is 37.1 Å². The van der Waals surface area contributed by atoms with Crippen molar-refractivity contribution < 1.29 is 9.53 Å². The highest BCUT2D eigenvalue weighted by molar-refractivity contribution is 7.99. The topological polar surface area (TPSA) is 64.4 Å². The number of hydrogen-bond acceptors (Lipinski definition) is 4. The smallest absolute Gasteiger partial charge is 0.240 e. The number of nitrogens with two attached hydrogens (primary N) is 1. The average Bonchev–Trinajstić information content (AvgIpc) is 2.46. The summed E-state index contributed by atoms with van der Waals surface area (Å²) in [7, 11) is 0. The lowest BCUT2D eigenvalue weighted by atomic mass is 9.90. The standard InChI is InChI=1S/C14H19ClN2O2S.ClH/c15-11-1-3-12(4-2-11)20-10-7-17-13(18)14(16)5-8-19-9-6-14;/h1-4H,5-10,16H2,(H,17,18);1H. The van der Waals surface area contributed by atoms with Gasteiger partial charge in [-0.15, -0.1) is 24.2 Å². The number of thioether (sulfide) groups is 1. The first-order valence-corrected chi connectivity index (χ1v) is 8.00. The Hall–Kier alpha value is -0.460. The molecule has 1 aliphatic heterocycles. The lowest BCUT2D eigenvalue weighted by Crippen LogP contribution is -2.57. The number of hydrogen-bond donors (Lipinski definition) is 2. The number of carbonyl (C=O) groups is 1. The first kappa shape index (κ1) is 18.6. The van der Waals surface area contributed by atoms with Crippen molar-refractivity contribution in [3.8, 4) is 0 Å². The number of amides is 1. The van der Waals surface area contributed by atoms with E-state index in [0.29, 0.717) is 32.6 Å². The van der Waals surface area contributed by atoms with Gasteiger partial charge in [0.05, 0.1) is 5.54 Å². The zero-order valence-corrected chi connectivity index (χ0v) is 14.0. The van der Waals surface area contributed by atoms with E-state index in [-0.39, 0.29) is 18.3 Å². The van der Waals surface area contributed by atoms with Crippen LogP contribution in [-0.4, -0.2) is 37.0 Å². The number of benzene rings is 1. The predicted molar refractivity (Wildman–Crippen MR) is 89.4 cm³/mol. The summed E-state index contributed by atoms with van der Waals surface area (Å²) in [4.78, 5) is 13.2. The van der Waals surface area contributed by atoms with Crippen molar-refractivity contribution in [3.63, 3.8) is 0 Å². The third kappa shape index (κ3) is 5.68. The number of ether oxygens (including phenoxy) is 1. The fourth-order valence-corrected chi connectivity index (χ4v) is 2.90. The molecule has 1 aromatic rings. The molecule has 4 nitrogen and oxygen atoms in total. The van der Waals surface area contributed by atoms with Crippen molar-refractivity contribution in [2.24, 2.45) is 5.73 Å². The van der Waals surface area contributed by atoms with E-state index in [4.69, 9.17) is 22.1 Å². The SMILES string of the molecule is Cl.NC1(C(=O)NCCSc2ccc(Cl)cc2)CCOCC1. The van der Waals surface area contributed by atoms with Crippen LogP contribution in [0.2, 0.25) is 5.02 Å². The summed E-state index contributed by atoms with van der Waals surface area (Å²) >= 11 is 7.50. The van der Waals surface area contributed by atoms with Gasteiger partial charge in [-0.2, -0.15) is 0 Å². The first-order chi connectivity index (χ1) is 9.60. The summed E-state index contributed by atoms with van der Waals surface area (Å²) in [6.45, 7) is 1.72. The molecule has 1 amide bonds. The van der Waals surface area contributed by atoms with Crippen LogP contribution in [0.25, 0.3) is 0 Å². The zero-order chi connectivity index (χ0) is 14.4. The highest BCUT2D eigenvalue weighted by Crippen LogP contribution is 2.20. The Labute approximate surface area is 140 Å². The number of carbonyl (C=O) groups excluding carboxylic acids is 1. The summed E-state index contributed by atoms with van der Waals surface area (Å²) in [6, 6.07) is 7.66. The Bertz CT molecular complexity index is 451. The maximum Gasteiger partial charge on any atom is 0.240 e. The molecule has 0 saturated carbocycles. The Kier molecular flexibility index (Phi) is 7.84. The fraction of sp³-hybridized carbons (Fsp3) is 0.500. The van der Waals surface area contributed by atoms with E-state index in [1.165, 1.54) is 0 Å². The first-order valence-electron chi connectivity index (χ1n) is 6.63. The van der Waals surface area contributed by atoms with E-state index in [1.807, 2.05) is 24.3 Å². The van der Waals surface area contributed by atoms with Gasteiger partial charge in [-0.1, -0.05) is 11.6 Å². The highest BCUT2D eigenvalue weighted by Gasteiger charge is 2.35. The lowest BCUT2D eigenvalue weighted by molar-refractivity contribution is -0.129. The number of nitrogens with one attached hydrogen (secondary N) is 1. The molecule has 0 unspecified atom stereocenters. The number of halogens is 2. The quantitative estimate of drug-likeness (QED) is 0.632. The summed E-state index contributed by atoms with van der Waals surface area (Å²) in [6.07, 6.45) is 1.17. The van der Waals surface area contributed by atoms with Crippen LogP contribution < -0.4 is 11.1 Å². The molecular weight excluding hydrogens is 331 g/mol. The molecule has 0 spiro atoms. The lowest BCUT2D eigenvalue weighted by Gasteiger charge is -2.31. The molecule has 3 N–H and O–H groups in total. The van der Waals surface area contributed by atoms with Crippen molar-refractivity contribution in [1.82, 2.24) is 5.32 Å². The van der Waals surface area contributed by atoms with Gasteiger partial charge in [0.1, 0.15) is 0 Å². The molecule has 1 aliphatic rings. The summed E-state index contributed by atoms with van der Waals surface area (Å²) in [5.41, 5.74) is 5.34. The molecular formula is C14H20Cl2N2O2S. The Morgan fingerprint density at radius 2 is 1.95 bits per heavy atom. The van der Waals surface area contributed by atoms with Crippen molar-refractivity contribution in [2.45, 2.75) is 23.3 Å². The molecule has 0 atom stereocenters. The minimum absolute atomic E-state index is 0. The van der Waals surface area contributed by atoms with Gasteiger partial charge in [0.2, 0.25) is 5.91 Å². The van der Waals surface area contributed by atoms with E-state index in [9.17, 15) is 4.79 Å². The van der Waals surface area contributed by atoms with Crippen LogP contribution in [0.3, 0.4) is 0 Å². The zero-order valence-electron chi connectivity index (χ0n) is 11.6. The van der Waals surface area contributed by atoms with E-state index in [0.717, 1.165) is 15.7 Å². The maximum absolute atomic E-state index is 12.1. The molecule has 1 heterocycles. The minimum Gasteiger partial charge on any atom is -0.381 e. The molecule has 118 valence electrons. The summed E-state index contributed by atoms with van der Waals surface area (Å²) in [5.74, 6) is 0.734. The molecule has 2 rings (SSSR count). The van der Waals surface area contributed by atoms with Crippen LogP contribution in [0.15, 0.2) is 29.2 Å². The summed E-state index contributed by atoms with van der Waals surface area (Å²) < 4.78 is 5.23. The van der Waals surface area contributed by atoms with E-state index >= 15 is 0 Å². The van der Waals surface area contributed by atoms with Crippen molar-refractivity contribution in [3.05, 3.63) is 29.3 Å². The van der Waals surface area contributed by atoms with Gasteiger partial charge in [-0.25, -0.2) is 0 Å². The predicted octanol–water partition coefficient (Wildman–Crippen LogP) is 2.48. The van der Waals surface area contributed by atoms with Gasteiger partial charge in [-0.3, -0.25) is 4.79 Å². The van der Waals surface area contributed by atoms with Gasteiger partial charge in [0.15, 0.2) is 0 Å². The van der Waals surface area contributed by atoms with Crippen LogP contribution >= 0.6 is 35.8 Å². The Morgan fingerprint density at radius 3 is 2.57 bits per heavy atom. The largest absolute Gasteiger partial charge is 0.381 e. The van der Waals surface area contributed by atoms with Gasteiger partial charge in [0.25, 0.3) is 0 Å². The third-order valence-electron chi connectivity index (χ3n) is 3.31. The van der Waals surface area contributed by atoms with Crippen LogP contribution in [0.4, 0.5) is 0 Å². The van der Waals surface area contributed by atoms with Crippen LogP contribution in [0.5, 0.6) is 0 Å². The molecule has 0 radical (unpaired) electrons. The van der Waals surface area contributed by atoms with Gasteiger partial charge in [0, 0.05) is 35.4 Å². The van der Waals surface area contributed by atoms with Crippen LogP contribution in [-0.2, 0) is 9.53 Å². The molecule has 0 aliphatic carbocycles. The maximum atomic E-state index is 12.1. The monoisotopic (exact) mass is 350 g/mol. The van der Waals surface area contributed by atoms with E-state index < -0.39 is 5.54 Å². The molecule has 7 heteroatoms. The molecule has 1 saturated heterocycles. The van der Waals surface area contributed by atoms with Crippen molar-refractivity contribution in [2.75, 3.05) is 25.5 Å². The van der Waals surface area contributed by atoms with Crippen LogP contribution in [0.1, 0.15) is 12.8 Å². The highest BCUT2D eigenvalue weighted by atomic mass is 35.5. The molecule has 1 fully saturated rings. The molecule has 0 bridgehead atoms. The van der Waals surface area contributed by atoms with Gasteiger partial charge >= 0.3 is 0 Å². The van der Waals surface area contributed by atoms with Crippen LogP contribution in [0, 0.1) is 0 Å². The molecule has 1 aromatic carbocycles. The van der Waals surface area contributed by atoms with E-state index in [1.54, 1.807) is 11.8 Å². The molecule has 21 heavy (non-hydrogen) atoms.